The molecule has 0 unspecified atom stereocenters. The van der Waals surface area contributed by atoms with Crippen molar-refractivity contribution >= 4 is 33.4 Å². The standard InChI is InChI=1S/C18H16ClN3O5S/c1-3-28(24,25)13-7-4-11(5-8-13)17-21-22-18(27-17)20-16(23)14-10-12(19)6-9-15(14)26-2/h4-10H,3H2,1-2H3,(H,20,22,23). The van der Waals surface area contributed by atoms with E-state index < -0.39 is 15.7 Å². The lowest BCUT2D eigenvalue weighted by atomic mass is 10.2. The zero-order chi connectivity index (χ0) is 20.3. The van der Waals surface area contributed by atoms with Crippen molar-refractivity contribution in [1.82, 2.24) is 10.2 Å². The van der Waals surface area contributed by atoms with E-state index in [9.17, 15) is 13.2 Å². The summed E-state index contributed by atoms with van der Waals surface area (Å²) in [6.45, 7) is 1.57. The summed E-state index contributed by atoms with van der Waals surface area (Å²) in [5, 5.41) is 10.5. The average molecular weight is 422 g/mol. The zero-order valence-electron chi connectivity index (χ0n) is 15.0. The number of benzene rings is 2. The van der Waals surface area contributed by atoms with Gasteiger partial charge < -0.3 is 9.15 Å². The van der Waals surface area contributed by atoms with E-state index in [1.54, 1.807) is 31.2 Å². The SMILES string of the molecule is CCS(=O)(=O)c1ccc(-c2nnc(NC(=O)c3cc(Cl)ccc3OC)o2)cc1. The van der Waals surface area contributed by atoms with Crippen LogP contribution in [0.1, 0.15) is 17.3 Å². The highest BCUT2D eigenvalue weighted by atomic mass is 35.5. The van der Waals surface area contributed by atoms with Gasteiger partial charge in [0.2, 0.25) is 5.89 Å². The Morgan fingerprint density at radius 2 is 1.89 bits per heavy atom. The fraction of sp³-hybridized carbons (Fsp3) is 0.167. The number of ether oxygens (including phenoxy) is 1. The summed E-state index contributed by atoms with van der Waals surface area (Å²) < 4.78 is 34.3. The van der Waals surface area contributed by atoms with Gasteiger partial charge >= 0.3 is 6.01 Å². The van der Waals surface area contributed by atoms with E-state index in [-0.39, 0.29) is 28.1 Å². The van der Waals surface area contributed by atoms with E-state index in [2.05, 4.69) is 15.5 Å². The minimum absolute atomic E-state index is 0.00997. The lowest BCUT2D eigenvalue weighted by Crippen LogP contribution is -2.13. The van der Waals surface area contributed by atoms with Gasteiger partial charge in [-0.1, -0.05) is 23.6 Å². The number of aromatic nitrogens is 2. The van der Waals surface area contributed by atoms with E-state index >= 15 is 0 Å². The molecule has 10 heteroatoms. The van der Waals surface area contributed by atoms with Crippen molar-refractivity contribution in [2.75, 3.05) is 18.2 Å². The minimum atomic E-state index is -3.29. The summed E-state index contributed by atoms with van der Waals surface area (Å²) in [6.07, 6.45) is 0. The van der Waals surface area contributed by atoms with Gasteiger partial charge in [0.25, 0.3) is 5.91 Å². The number of amides is 1. The molecule has 0 spiro atoms. The van der Waals surface area contributed by atoms with E-state index in [0.717, 1.165) is 0 Å². The lowest BCUT2D eigenvalue weighted by Gasteiger charge is -2.07. The smallest absolute Gasteiger partial charge is 0.322 e. The highest BCUT2D eigenvalue weighted by molar-refractivity contribution is 7.91. The number of nitrogens with one attached hydrogen (secondary N) is 1. The number of carbonyl (C=O) groups excluding carboxylic acids is 1. The fourth-order valence-electron chi connectivity index (χ4n) is 2.38. The number of anilines is 1. The van der Waals surface area contributed by atoms with Crippen molar-refractivity contribution in [3.05, 3.63) is 53.1 Å². The molecule has 146 valence electrons. The van der Waals surface area contributed by atoms with Gasteiger partial charge in [0.1, 0.15) is 5.75 Å². The number of nitrogens with zero attached hydrogens (tertiary/aromatic N) is 2. The van der Waals surface area contributed by atoms with Crippen molar-refractivity contribution in [3.8, 4) is 17.2 Å². The van der Waals surface area contributed by atoms with Crippen molar-refractivity contribution in [2.45, 2.75) is 11.8 Å². The maximum Gasteiger partial charge on any atom is 0.322 e. The first-order valence-electron chi connectivity index (χ1n) is 8.15. The van der Waals surface area contributed by atoms with Gasteiger partial charge in [-0.25, -0.2) is 8.42 Å². The largest absolute Gasteiger partial charge is 0.496 e. The Kier molecular flexibility index (Phi) is 5.66. The van der Waals surface area contributed by atoms with Crippen molar-refractivity contribution < 1.29 is 22.4 Å². The first kappa shape index (κ1) is 19.8. The van der Waals surface area contributed by atoms with Crippen molar-refractivity contribution in [2.24, 2.45) is 0 Å². The third-order valence-corrected chi connectivity index (χ3v) is 5.88. The molecule has 0 bridgehead atoms. The van der Waals surface area contributed by atoms with Crippen LogP contribution in [0.2, 0.25) is 5.02 Å². The number of rotatable bonds is 6. The van der Waals surface area contributed by atoms with Gasteiger partial charge in [-0.15, -0.1) is 5.10 Å². The molecule has 0 saturated heterocycles. The van der Waals surface area contributed by atoms with Gasteiger partial charge in [0.15, 0.2) is 9.84 Å². The summed E-state index contributed by atoms with van der Waals surface area (Å²) in [4.78, 5) is 12.6. The second kappa shape index (κ2) is 7.99. The van der Waals surface area contributed by atoms with Crippen LogP contribution in [0.3, 0.4) is 0 Å². The fourth-order valence-corrected chi connectivity index (χ4v) is 3.44. The normalized spacial score (nSPS) is 11.2. The molecule has 0 saturated carbocycles. The number of hydrogen-bond donors (Lipinski definition) is 1. The summed E-state index contributed by atoms with van der Waals surface area (Å²) in [5.41, 5.74) is 0.729. The highest BCUT2D eigenvalue weighted by Gasteiger charge is 2.17. The summed E-state index contributed by atoms with van der Waals surface area (Å²) in [7, 11) is -1.86. The van der Waals surface area contributed by atoms with Crippen molar-refractivity contribution in [1.29, 1.82) is 0 Å². The van der Waals surface area contributed by atoms with Crippen LogP contribution in [0.15, 0.2) is 51.8 Å². The minimum Gasteiger partial charge on any atom is -0.496 e. The van der Waals surface area contributed by atoms with Crippen LogP contribution >= 0.6 is 11.6 Å². The molecule has 3 rings (SSSR count). The van der Waals surface area contributed by atoms with Gasteiger partial charge in [0.05, 0.1) is 23.3 Å². The van der Waals surface area contributed by atoms with Crippen LogP contribution in [0, 0.1) is 0 Å². The van der Waals surface area contributed by atoms with Crippen molar-refractivity contribution in [3.63, 3.8) is 0 Å². The van der Waals surface area contributed by atoms with Gasteiger partial charge in [-0.3, -0.25) is 10.1 Å². The number of methoxy groups -OCH3 is 1. The molecule has 3 aromatic rings. The third-order valence-electron chi connectivity index (χ3n) is 3.89. The van der Waals surface area contributed by atoms with Gasteiger partial charge in [-0.2, -0.15) is 0 Å². The van der Waals surface area contributed by atoms with Crippen LogP contribution in [0.5, 0.6) is 5.75 Å². The Balaban J connectivity index is 1.79. The van der Waals surface area contributed by atoms with Crippen LogP contribution in [0.25, 0.3) is 11.5 Å². The first-order chi connectivity index (χ1) is 13.3. The zero-order valence-corrected chi connectivity index (χ0v) is 16.5. The number of hydrogen-bond acceptors (Lipinski definition) is 7. The van der Waals surface area contributed by atoms with Crippen LogP contribution in [0.4, 0.5) is 6.01 Å². The molecular weight excluding hydrogens is 406 g/mol. The van der Waals surface area contributed by atoms with E-state index in [0.29, 0.717) is 16.3 Å². The molecule has 1 heterocycles. The maximum atomic E-state index is 12.4. The molecule has 0 aliphatic rings. The monoisotopic (exact) mass is 421 g/mol. The molecule has 0 aliphatic heterocycles. The number of carbonyl (C=O) groups is 1. The lowest BCUT2D eigenvalue weighted by molar-refractivity contribution is 0.102. The second-order valence-electron chi connectivity index (χ2n) is 5.64. The number of halogens is 1. The molecule has 0 radical (unpaired) electrons. The van der Waals surface area contributed by atoms with Gasteiger partial charge in [-0.05, 0) is 42.5 Å². The average Bonchev–Trinajstić information content (AvgIpc) is 3.16. The molecule has 1 aromatic heterocycles. The van der Waals surface area contributed by atoms with Crippen LogP contribution in [-0.4, -0.2) is 37.4 Å². The molecular formula is C18H16ClN3O5S. The Morgan fingerprint density at radius 3 is 2.54 bits per heavy atom. The molecule has 1 amide bonds. The Hall–Kier alpha value is -2.91. The topological polar surface area (TPSA) is 111 Å². The molecule has 28 heavy (non-hydrogen) atoms. The molecule has 0 fully saturated rings. The Labute approximate surface area is 166 Å². The summed E-state index contributed by atoms with van der Waals surface area (Å²) in [6, 6.07) is 10.6. The molecule has 0 aliphatic carbocycles. The molecule has 0 atom stereocenters. The Morgan fingerprint density at radius 1 is 1.18 bits per heavy atom. The predicted octanol–water partition coefficient (Wildman–Crippen LogP) is 3.44. The highest BCUT2D eigenvalue weighted by Crippen LogP contribution is 2.25. The molecule has 8 nitrogen and oxygen atoms in total. The molecule has 2 aromatic carbocycles. The summed E-state index contributed by atoms with van der Waals surface area (Å²) in [5.74, 6) is -0.0436. The quantitative estimate of drug-likeness (QED) is 0.648. The maximum absolute atomic E-state index is 12.4. The predicted molar refractivity (Wildman–Crippen MR) is 103 cm³/mol. The summed E-state index contributed by atoms with van der Waals surface area (Å²) >= 11 is 5.93. The Bertz CT molecular complexity index is 1110. The van der Waals surface area contributed by atoms with Crippen LogP contribution in [-0.2, 0) is 9.84 Å². The van der Waals surface area contributed by atoms with E-state index in [1.165, 1.54) is 25.3 Å². The van der Waals surface area contributed by atoms with Gasteiger partial charge in [0, 0.05) is 10.6 Å². The third kappa shape index (κ3) is 4.15. The molecule has 1 N–H and O–H groups in total. The van der Waals surface area contributed by atoms with Crippen LogP contribution < -0.4 is 10.1 Å². The van der Waals surface area contributed by atoms with E-state index in [1.807, 2.05) is 0 Å². The second-order valence-corrected chi connectivity index (χ2v) is 8.35. The number of sulfone groups is 1. The first-order valence-corrected chi connectivity index (χ1v) is 10.2. The van der Waals surface area contributed by atoms with E-state index in [4.69, 9.17) is 20.8 Å².